The minimum absolute atomic E-state index is 0.0790. The number of hydrogen-bond acceptors (Lipinski definition) is 3. The predicted octanol–water partition coefficient (Wildman–Crippen LogP) is 0.621. The van der Waals surface area contributed by atoms with Gasteiger partial charge in [-0.3, -0.25) is 9.59 Å². The van der Waals surface area contributed by atoms with E-state index < -0.39 is 0 Å². The number of carbonyl (C=O) groups excluding carboxylic acids is 2. The van der Waals surface area contributed by atoms with Crippen molar-refractivity contribution in [2.45, 2.75) is 25.8 Å². The minimum atomic E-state index is -0.148. The Morgan fingerprint density at radius 2 is 2.14 bits per heavy atom. The lowest BCUT2D eigenvalue weighted by Gasteiger charge is -2.27. The number of nitrogens with zero attached hydrogens (tertiary/aromatic N) is 2. The van der Waals surface area contributed by atoms with E-state index in [4.69, 9.17) is 0 Å². The van der Waals surface area contributed by atoms with Gasteiger partial charge < -0.3 is 20.1 Å². The zero-order valence-corrected chi connectivity index (χ0v) is 12.8. The summed E-state index contributed by atoms with van der Waals surface area (Å²) in [6.45, 7) is 4.46. The SMILES string of the molecule is CCN(CC(=O)NC)C(=O)c1cccn1C1CCNCC1. The predicted molar refractivity (Wildman–Crippen MR) is 81.2 cm³/mol. The van der Waals surface area contributed by atoms with Gasteiger partial charge in [-0.05, 0) is 45.0 Å². The summed E-state index contributed by atoms with van der Waals surface area (Å²) in [6, 6.07) is 4.11. The molecule has 2 rings (SSSR count). The molecule has 2 amide bonds. The van der Waals surface area contributed by atoms with Crippen LogP contribution in [0.3, 0.4) is 0 Å². The van der Waals surface area contributed by atoms with Gasteiger partial charge in [-0.1, -0.05) is 0 Å². The van der Waals surface area contributed by atoms with Gasteiger partial charge in [0.1, 0.15) is 5.69 Å². The van der Waals surface area contributed by atoms with Crippen molar-refractivity contribution in [3.05, 3.63) is 24.0 Å². The summed E-state index contributed by atoms with van der Waals surface area (Å²) in [7, 11) is 1.58. The maximum Gasteiger partial charge on any atom is 0.270 e. The molecule has 0 atom stereocenters. The van der Waals surface area contributed by atoms with Crippen LogP contribution in [0.25, 0.3) is 0 Å². The van der Waals surface area contributed by atoms with E-state index in [0.29, 0.717) is 18.3 Å². The van der Waals surface area contributed by atoms with Gasteiger partial charge in [0.15, 0.2) is 0 Å². The van der Waals surface area contributed by atoms with Gasteiger partial charge in [-0.25, -0.2) is 0 Å². The third-order valence-electron chi connectivity index (χ3n) is 3.98. The van der Waals surface area contributed by atoms with Gasteiger partial charge in [0.25, 0.3) is 5.91 Å². The van der Waals surface area contributed by atoms with E-state index >= 15 is 0 Å². The van der Waals surface area contributed by atoms with Crippen molar-refractivity contribution in [1.82, 2.24) is 20.1 Å². The van der Waals surface area contributed by atoms with Crippen LogP contribution in [0, 0.1) is 0 Å². The second-order valence-corrected chi connectivity index (χ2v) is 5.27. The lowest BCUT2D eigenvalue weighted by Crippen LogP contribution is -2.40. The summed E-state index contributed by atoms with van der Waals surface area (Å²) in [6.07, 6.45) is 4.02. The highest BCUT2D eigenvalue weighted by Gasteiger charge is 2.23. The fraction of sp³-hybridized carbons (Fsp3) is 0.600. The van der Waals surface area contributed by atoms with Crippen LogP contribution in [0.15, 0.2) is 18.3 Å². The van der Waals surface area contributed by atoms with E-state index in [0.717, 1.165) is 25.9 Å². The quantitative estimate of drug-likeness (QED) is 0.836. The zero-order valence-electron chi connectivity index (χ0n) is 12.8. The number of carbonyl (C=O) groups is 2. The molecule has 1 aliphatic heterocycles. The molecule has 6 heteroatoms. The Hall–Kier alpha value is -1.82. The Morgan fingerprint density at radius 3 is 2.76 bits per heavy atom. The van der Waals surface area contributed by atoms with Gasteiger partial charge >= 0.3 is 0 Å². The Balaban J connectivity index is 2.14. The summed E-state index contributed by atoms with van der Waals surface area (Å²) in [5, 5.41) is 5.89. The monoisotopic (exact) mass is 292 g/mol. The Kier molecular flexibility index (Phi) is 5.38. The zero-order chi connectivity index (χ0) is 15.2. The van der Waals surface area contributed by atoms with Crippen LogP contribution in [0.4, 0.5) is 0 Å². The number of rotatable bonds is 5. The molecule has 116 valence electrons. The molecule has 0 saturated carbocycles. The van der Waals surface area contributed by atoms with Crippen molar-refractivity contribution in [3.8, 4) is 0 Å². The molecule has 1 aliphatic rings. The average molecular weight is 292 g/mol. The van der Waals surface area contributed by atoms with Crippen LogP contribution in [-0.4, -0.2) is 54.5 Å². The van der Waals surface area contributed by atoms with Crippen LogP contribution in [0.2, 0.25) is 0 Å². The second kappa shape index (κ2) is 7.26. The Morgan fingerprint density at radius 1 is 1.43 bits per heavy atom. The summed E-state index contributed by atoms with van der Waals surface area (Å²) >= 11 is 0. The van der Waals surface area contributed by atoms with Gasteiger partial charge in [0.05, 0.1) is 6.54 Å². The summed E-state index contributed by atoms with van der Waals surface area (Å²) in [5.74, 6) is -0.227. The van der Waals surface area contributed by atoms with E-state index in [1.807, 2.05) is 25.3 Å². The lowest BCUT2D eigenvalue weighted by atomic mass is 10.1. The van der Waals surface area contributed by atoms with E-state index in [1.165, 1.54) is 0 Å². The van der Waals surface area contributed by atoms with Crippen LogP contribution >= 0.6 is 0 Å². The van der Waals surface area contributed by atoms with Crippen LogP contribution in [-0.2, 0) is 4.79 Å². The smallest absolute Gasteiger partial charge is 0.270 e. The van der Waals surface area contributed by atoms with Crippen molar-refractivity contribution in [2.24, 2.45) is 0 Å². The summed E-state index contributed by atoms with van der Waals surface area (Å²) in [5.41, 5.74) is 0.674. The van der Waals surface area contributed by atoms with Gasteiger partial charge in [-0.2, -0.15) is 0 Å². The van der Waals surface area contributed by atoms with Crippen molar-refractivity contribution in [2.75, 3.05) is 33.2 Å². The molecule has 0 aromatic carbocycles. The molecule has 0 aliphatic carbocycles. The van der Waals surface area contributed by atoms with Gasteiger partial charge in [0, 0.05) is 25.8 Å². The van der Waals surface area contributed by atoms with Crippen LogP contribution < -0.4 is 10.6 Å². The highest BCUT2D eigenvalue weighted by atomic mass is 16.2. The summed E-state index contributed by atoms with van der Waals surface area (Å²) < 4.78 is 2.07. The van der Waals surface area contributed by atoms with Crippen molar-refractivity contribution in [3.63, 3.8) is 0 Å². The second-order valence-electron chi connectivity index (χ2n) is 5.27. The Labute approximate surface area is 125 Å². The largest absolute Gasteiger partial charge is 0.358 e. The first-order valence-corrected chi connectivity index (χ1v) is 7.54. The molecule has 0 unspecified atom stereocenters. The number of aromatic nitrogens is 1. The number of amides is 2. The normalized spacial score (nSPS) is 15.7. The fourth-order valence-corrected chi connectivity index (χ4v) is 2.72. The van der Waals surface area contributed by atoms with E-state index in [9.17, 15) is 9.59 Å². The average Bonchev–Trinajstić information content (AvgIpc) is 3.02. The number of hydrogen-bond donors (Lipinski definition) is 2. The molecule has 0 bridgehead atoms. The first kappa shape index (κ1) is 15.6. The molecule has 0 spiro atoms. The molecule has 1 aromatic rings. The number of nitrogens with one attached hydrogen (secondary N) is 2. The molecule has 1 saturated heterocycles. The maximum atomic E-state index is 12.7. The van der Waals surface area contributed by atoms with Gasteiger partial charge in [0.2, 0.25) is 5.91 Å². The summed E-state index contributed by atoms with van der Waals surface area (Å²) in [4.78, 5) is 25.8. The fourth-order valence-electron chi connectivity index (χ4n) is 2.72. The van der Waals surface area contributed by atoms with Crippen molar-refractivity contribution in [1.29, 1.82) is 0 Å². The highest BCUT2D eigenvalue weighted by molar-refractivity contribution is 5.95. The van der Waals surface area contributed by atoms with Crippen LogP contribution in [0.5, 0.6) is 0 Å². The highest BCUT2D eigenvalue weighted by Crippen LogP contribution is 2.22. The molecule has 21 heavy (non-hydrogen) atoms. The van der Waals surface area contributed by atoms with E-state index in [2.05, 4.69) is 15.2 Å². The van der Waals surface area contributed by atoms with Crippen LogP contribution in [0.1, 0.15) is 36.3 Å². The van der Waals surface area contributed by atoms with Gasteiger partial charge in [-0.15, -0.1) is 0 Å². The first-order valence-electron chi connectivity index (χ1n) is 7.54. The van der Waals surface area contributed by atoms with E-state index in [1.54, 1.807) is 11.9 Å². The number of likely N-dealkylation sites (N-methyl/N-ethyl adjacent to an activating group) is 2. The van der Waals surface area contributed by atoms with Crippen molar-refractivity contribution >= 4 is 11.8 Å². The first-order chi connectivity index (χ1) is 10.2. The molecular weight excluding hydrogens is 268 g/mol. The third-order valence-corrected chi connectivity index (χ3v) is 3.98. The maximum absolute atomic E-state index is 12.7. The molecule has 1 fully saturated rings. The molecule has 2 heterocycles. The topological polar surface area (TPSA) is 66.4 Å². The van der Waals surface area contributed by atoms with E-state index in [-0.39, 0.29) is 18.4 Å². The molecular formula is C15H24N4O2. The molecule has 0 radical (unpaired) electrons. The third kappa shape index (κ3) is 3.64. The standard InChI is InChI=1S/C15H24N4O2/c1-3-18(11-14(20)16-2)15(21)13-5-4-10-19(13)12-6-8-17-9-7-12/h4-5,10,12,17H,3,6-9,11H2,1-2H3,(H,16,20). The number of piperidine rings is 1. The molecule has 6 nitrogen and oxygen atoms in total. The lowest BCUT2D eigenvalue weighted by molar-refractivity contribution is -0.121. The minimum Gasteiger partial charge on any atom is -0.358 e. The van der Waals surface area contributed by atoms with Crippen molar-refractivity contribution < 1.29 is 9.59 Å². The molecule has 2 N–H and O–H groups in total. The Bertz CT molecular complexity index is 492. The molecule has 1 aromatic heterocycles.